The molecule has 1 saturated carbocycles. The average molecular weight is 516 g/mol. The molecule has 2 aliphatic carbocycles. The van der Waals surface area contributed by atoms with Crippen molar-refractivity contribution < 1.29 is 8.78 Å². The number of hydrogen-bond acceptors (Lipinski definition) is 8. The third-order valence-electron chi connectivity index (χ3n) is 7.74. The summed E-state index contributed by atoms with van der Waals surface area (Å²) in [6.07, 6.45) is 5.32. The molecule has 1 saturated heterocycles. The Morgan fingerprint density at radius 1 is 1.31 bits per heavy atom. The lowest BCUT2D eigenvalue weighted by Gasteiger charge is -2.25. The number of alkyl halides is 3. The third kappa shape index (κ3) is 2.96. The molecular weight excluding hydrogens is 496 g/mol. The highest BCUT2D eigenvalue weighted by Gasteiger charge is 2.69. The van der Waals surface area contributed by atoms with Crippen molar-refractivity contribution in [1.82, 2.24) is 34.3 Å². The van der Waals surface area contributed by atoms with E-state index < -0.39 is 11.9 Å². The van der Waals surface area contributed by atoms with E-state index in [1.807, 2.05) is 11.5 Å². The van der Waals surface area contributed by atoms with Crippen molar-refractivity contribution in [1.29, 1.82) is 0 Å². The zero-order valence-corrected chi connectivity index (χ0v) is 19.8. The molecule has 1 aliphatic heterocycles. The number of anilines is 1. The van der Waals surface area contributed by atoms with Gasteiger partial charge in [0.15, 0.2) is 5.65 Å². The van der Waals surface area contributed by atoms with Crippen LogP contribution in [0.25, 0.3) is 16.7 Å². The maximum Gasteiger partial charge on any atom is 0.333 e. The second-order valence-electron chi connectivity index (χ2n) is 9.26. The smallest absolute Gasteiger partial charge is 0.333 e. The number of hydrogen-bond donors (Lipinski definition) is 2. The van der Waals surface area contributed by atoms with E-state index in [-0.39, 0.29) is 5.41 Å². The molecule has 0 aromatic carbocycles. The summed E-state index contributed by atoms with van der Waals surface area (Å²) in [5, 5.41) is 12.7. The average Bonchev–Trinajstić information content (AvgIpc) is 3.52. The van der Waals surface area contributed by atoms with E-state index in [1.54, 1.807) is 6.20 Å². The van der Waals surface area contributed by atoms with E-state index in [0.29, 0.717) is 63.2 Å². The summed E-state index contributed by atoms with van der Waals surface area (Å²) in [5.41, 5.74) is 10.8. The van der Waals surface area contributed by atoms with Crippen LogP contribution in [0, 0.1) is 11.8 Å². The molecule has 4 atom stereocenters. The number of nitrogens with one attached hydrogen (secondary N) is 1. The van der Waals surface area contributed by atoms with Crippen molar-refractivity contribution in [3.05, 3.63) is 52.6 Å². The Balaban J connectivity index is 1.14. The van der Waals surface area contributed by atoms with Crippen molar-refractivity contribution in [3.8, 4) is 0 Å². The van der Waals surface area contributed by atoms with Gasteiger partial charge in [-0.05, 0) is 29.4 Å². The Kier molecular flexibility index (Phi) is 4.58. The van der Waals surface area contributed by atoms with Gasteiger partial charge in [0.25, 0.3) is 0 Å². The van der Waals surface area contributed by atoms with E-state index in [1.165, 1.54) is 17.7 Å². The summed E-state index contributed by atoms with van der Waals surface area (Å²) in [7, 11) is 0. The van der Waals surface area contributed by atoms with Crippen LogP contribution in [0.2, 0.25) is 0 Å². The van der Waals surface area contributed by atoms with Crippen molar-refractivity contribution >= 4 is 45.7 Å². The number of nitrogens with zero attached hydrogens (tertiary/aromatic N) is 7. The van der Waals surface area contributed by atoms with Gasteiger partial charge in [0.05, 0.1) is 23.0 Å². The molecule has 0 radical (unpaired) electrons. The Morgan fingerprint density at radius 3 is 2.86 bits per heavy atom. The Labute approximate surface area is 207 Å². The summed E-state index contributed by atoms with van der Waals surface area (Å²) in [4.78, 5) is 11.7. The molecule has 4 aromatic heterocycles. The maximum atomic E-state index is 13.1. The van der Waals surface area contributed by atoms with Crippen molar-refractivity contribution in [2.45, 2.75) is 23.8 Å². The van der Waals surface area contributed by atoms with E-state index >= 15 is 0 Å². The minimum absolute atomic E-state index is 0.0189. The molecule has 3 aliphatic rings. The molecule has 0 spiro atoms. The zero-order valence-electron chi connectivity index (χ0n) is 18.3. The van der Waals surface area contributed by atoms with E-state index in [0.717, 1.165) is 24.6 Å². The van der Waals surface area contributed by atoms with Crippen LogP contribution >= 0.6 is 23.1 Å². The van der Waals surface area contributed by atoms with Gasteiger partial charge in [0, 0.05) is 54.2 Å². The van der Waals surface area contributed by atoms with Gasteiger partial charge in [-0.15, -0.1) is 11.6 Å². The maximum absolute atomic E-state index is 13.1. The summed E-state index contributed by atoms with van der Waals surface area (Å²) >= 11 is 8.14. The Hall–Kier alpha value is -2.96. The van der Waals surface area contributed by atoms with Gasteiger partial charge in [-0.3, -0.25) is 5.10 Å². The number of piperidine rings is 1. The number of nitrogens with two attached hydrogens (primary N) is 1. The molecule has 13 heteroatoms. The minimum Gasteiger partial charge on any atom is -0.355 e. The van der Waals surface area contributed by atoms with Gasteiger partial charge < -0.3 is 10.6 Å². The van der Waals surface area contributed by atoms with E-state index in [2.05, 4.69) is 35.6 Å². The fourth-order valence-electron chi connectivity index (χ4n) is 5.92. The normalized spacial score (nSPS) is 27.4. The Morgan fingerprint density at radius 2 is 2.14 bits per heavy atom. The van der Waals surface area contributed by atoms with E-state index in [9.17, 15) is 8.78 Å². The molecule has 0 amide bonds. The first-order valence-electron chi connectivity index (χ1n) is 11.3. The lowest BCUT2D eigenvalue weighted by atomic mass is 9.94. The number of fused-ring (bicyclic) bond motifs is 3. The lowest BCUT2D eigenvalue weighted by molar-refractivity contribution is 0.0562. The predicted octanol–water partition coefficient (Wildman–Crippen LogP) is 3.28. The number of allylic oxidation sites excluding steroid dienone is 2. The number of halogens is 3. The summed E-state index contributed by atoms with van der Waals surface area (Å²) in [6, 6.07) is 2.09. The first-order chi connectivity index (χ1) is 17.0. The van der Waals surface area contributed by atoms with Gasteiger partial charge in [-0.1, -0.05) is 6.08 Å². The van der Waals surface area contributed by atoms with Gasteiger partial charge in [-0.25, -0.2) is 14.6 Å². The van der Waals surface area contributed by atoms with Crippen LogP contribution in [0.15, 0.2) is 29.9 Å². The molecular formula is C22H20ClF2N9S. The van der Waals surface area contributed by atoms with Gasteiger partial charge in [0.2, 0.25) is 0 Å². The number of aromatic nitrogens is 7. The second kappa shape index (κ2) is 7.52. The third-order valence-corrected chi connectivity index (χ3v) is 8.77. The van der Waals surface area contributed by atoms with Crippen LogP contribution in [0.4, 0.5) is 14.6 Å². The molecule has 1 unspecified atom stereocenters. The summed E-state index contributed by atoms with van der Waals surface area (Å²) in [5.74, 6) is 1.69. The Bertz CT molecular complexity index is 1450. The number of H-pyrrole nitrogens is 1. The molecule has 35 heavy (non-hydrogen) atoms. The largest absolute Gasteiger partial charge is 0.355 e. The minimum atomic E-state index is -2.71. The SMILES string of the molecule is NC[C@@]1(c2ccsn2)[C@@H]2CN(c3cnc4c(C5=CCc6nn(C(F)F)cc6C5Cl)n[nH]c4n3)C[C@@H]21. The van der Waals surface area contributed by atoms with Gasteiger partial charge in [0.1, 0.15) is 17.0 Å². The summed E-state index contributed by atoms with van der Waals surface area (Å²) < 4.78 is 31.4. The van der Waals surface area contributed by atoms with Crippen molar-refractivity contribution in [2.75, 3.05) is 24.5 Å². The number of rotatable bonds is 5. The van der Waals surface area contributed by atoms with Crippen LogP contribution in [-0.2, 0) is 11.8 Å². The molecule has 9 nitrogen and oxygen atoms in total. The fourth-order valence-corrected chi connectivity index (χ4v) is 6.89. The zero-order chi connectivity index (χ0) is 23.9. The second-order valence-corrected chi connectivity index (χ2v) is 10.4. The molecule has 2 fully saturated rings. The first-order valence-corrected chi connectivity index (χ1v) is 12.6. The van der Waals surface area contributed by atoms with Crippen LogP contribution in [0.3, 0.4) is 0 Å². The first kappa shape index (κ1) is 21.3. The quantitative estimate of drug-likeness (QED) is 0.392. The lowest BCUT2D eigenvalue weighted by Crippen LogP contribution is -2.35. The monoisotopic (exact) mass is 515 g/mol. The topological polar surface area (TPSA) is 114 Å². The molecule has 180 valence electrons. The molecule has 7 rings (SSSR count). The highest BCUT2D eigenvalue weighted by molar-refractivity contribution is 7.03. The van der Waals surface area contributed by atoms with Crippen molar-refractivity contribution in [2.24, 2.45) is 17.6 Å². The van der Waals surface area contributed by atoms with Crippen LogP contribution in [0.1, 0.15) is 34.6 Å². The predicted molar refractivity (Wildman–Crippen MR) is 127 cm³/mol. The van der Waals surface area contributed by atoms with E-state index in [4.69, 9.17) is 22.3 Å². The standard InChI is InChI=1S/C22H20ClF2N9S/c23-17-10(1-2-14-11(17)6-34(31-14)21(24)25)18-19-20(30-29-18)28-16(5-27-19)33-7-12-13(8-33)22(12,9-26)15-3-4-35-32-15/h1,3-6,12-13,17,21H,2,7-9,26H2,(H,28,29,30)/t12-,13+,17?,22-. The highest BCUT2D eigenvalue weighted by atomic mass is 35.5. The van der Waals surface area contributed by atoms with Crippen LogP contribution in [-0.4, -0.2) is 54.0 Å². The molecule has 0 bridgehead atoms. The van der Waals surface area contributed by atoms with Crippen LogP contribution in [0.5, 0.6) is 0 Å². The van der Waals surface area contributed by atoms with Crippen molar-refractivity contribution in [3.63, 3.8) is 0 Å². The fraction of sp³-hybridized carbons (Fsp3) is 0.409. The molecule has 3 N–H and O–H groups in total. The summed E-state index contributed by atoms with van der Waals surface area (Å²) in [6.45, 7) is -0.406. The number of aromatic amines is 1. The molecule has 4 aromatic rings. The van der Waals surface area contributed by atoms with Gasteiger partial charge >= 0.3 is 6.55 Å². The van der Waals surface area contributed by atoms with Crippen LogP contribution < -0.4 is 10.6 Å². The van der Waals surface area contributed by atoms with Gasteiger partial charge in [-0.2, -0.15) is 23.4 Å². The molecule has 5 heterocycles. The highest BCUT2D eigenvalue weighted by Crippen LogP contribution is 2.63.